The van der Waals surface area contributed by atoms with Crippen molar-refractivity contribution in [2.75, 3.05) is 6.61 Å². The Bertz CT molecular complexity index is 405. The van der Waals surface area contributed by atoms with E-state index in [-0.39, 0.29) is 19.4 Å². The van der Waals surface area contributed by atoms with E-state index >= 15 is 0 Å². The number of imide groups is 1. The first-order valence-corrected chi connectivity index (χ1v) is 6.17. The third-order valence-electron chi connectivity index (χ3n) is 3.06. The second-order valence-electron chi connectivity index (χ2n) is 5.98. The highest BCUT2D eigenvalue weighted by atomic mass is 19.3. The summed E-state index contributed by atoms with van der Waals surface area (Å²) in [6, 6.07) is -0.666. The number of carbonyl (C=O) groups excluding carboxylic acids is 2. The molecule has 0 N–H and O–H groups in total. The molecule has 0 aromatic carbocycles. The van der Waals surface area contributed by atoms with Gasteiger partial charge < -0.3 is 9.47 Å². The predicted octanol–water partition coefficient (Wildman–Crippen LogP) is 2.79. The molecular weight excluding hydrogens is 260 g/mol. The van der Waals surface area contributed by atoms with Gasteiger partial charge in [0.05, 0.1) is 6.04 Å². The summed E-state index contributed by atoms with van der Waals surface area (Å²) in [6.45, 7) is 4.94. The molecule has 1 aliphatic carbocycles. The highest BCUT2D eigenvalue weighted by Gasteiger charge is 2.58. The number of carbonyl (C=O) groups is 2. The first kappa shape index (κ1) is 14.0. The number of ether oxygens (including phenoxy) is 2. The molecule has 19 heavy (non-hydrogen) atoms. The standard InChI is InChI=1S/C12H17F2NO4/c1-11(2,3)19-10(17)15-8(6-18-9(15)16)4-7-5-12(7,13)14/h7-8H,4-6H2,1-3H3. The Labute approximate surface area is 109 Å². The first-order chi connectivity index (χ1) is 8.60. The van der Waals surface area contributed by atoms with Crippen LogP contribution >= 0.6 is 0 Å². The second kappa shape index (κ2) is 4.31. The minimum atomic E-state index is -2.68. The van der Waals surface area contributed by atoms with Crippen LogP contribution in [0, 0.1) is 5.92 Å². The fraction of sp³-hybridized carbons (Fsp3) is 0.833. The van der Waals surface area contributed by atoms with Crippen molar-refractivity contribution in [3.8, 4) is 0 Å². The second-order valence-corrected chi connectivity index (χ2v) is 5.98. The molecule has 2 fully saturated rings. The van der Waals surface area contributed by atoms with Gasteiger partial charge in [-0.05, 0) is 27.2 Å². The van der Waals surface area contributed by atoms with Gasteiger partial charge in [-0.3, -0.25) is 0 Å². The fourth-order valence-electron chi connectivity index (χ4n) is 2.02. The Morgan fingerprint density at radius 2 is 2.11 bits per heavy atom. The Hall–Kier alpha value is -1.40. The highest BCUT2D eigenvalue weighted by Crippen LogP contribution is 2.51. The SMILES string of the molecule is CC(C)(C)OC(=O)N1C(=O)OCC1CC1CC1(F)F. The van der Waals surface area contributed by atoms with Crippen LogP contribution in [0.2, 0.25) is 0 Å². The molecule has 2 atom stereocenters. The summed E-state index contributed by atoms with van der Waals surface area (Å²) in [5.74, 6) is -3.46. The Morgan fingerprint density at radius 3 is 2.58 bits per heavy atom. The van der Waals surface area contributed by atoms with Crippen molar-refractivity contribution < 1.29 is 27.8 Å². The van der Waals surface area contributed by atoms with E-state index in [2.05, 4.69) is 0 Å². The lowest BCUT2D eigenvalue weighted by atomic mass is 10.1. The van der Waals surface area contributed by atoms with Gasteiger partial charge in [0, 0.05) is 12.3 Å². The van der Waals surface area contributed by atoms with E-state index in [1.807, 2.05) is 0 Å². The lowest BCUT2D eigenvalue weighted by Gasteiger charge is -2.25. The maximum atomic E-state index is 12.9. The summed E-state index contributed by atoms with van der Waals surface area (Å²) < 4.78 is 35.6. The van der Waals surface area contributed by atoms with Gasteiger partial charge in [-0.15, -0.1) is 0 Å². The van der Waals surface area contributed by atoms with Crippen LogP contribution in [-0.2, 0) is 9.47 Å². The largest absolute Gasteiger partial charge is 0.447 e. The molecule has 2 amide bonds. The third-order valence-corrected chi connectivity index (χ3v) is 3.06. The average Bonchev–Trinajstić information content (AvgIpc) is 2.64. The summed E-state index contributed by atoms with van der Waals surface area (Å²) in [7, 11) is 0. The zero-order valence-corrected chi connectivity index (χ0v) is 11.1. The summed E-state index contributed by atoms with van der Waals surface area (Å²) in [5, 5.41) is 0. The van der Waals surface area contributed by atoms with Crippen molar-refractivity contribution in [3.63, 3.8) is 0 Å². The lowest BCUT2D eigenvalue weighted by molar-refractivity contribution is 0.0268. The molecule has 1 aliphatic heterocycles. The molecule has 2 rings (SSSR count). The van der Waals surface area contributed by atoms with Crippen molar-refractivity contribution in [2.24, 2.45) is 5.92 Å². The quantitative estimate of drug-likeness (QED) is 0.778. The summed E-state index contributed by atoms with van der Waals surface area (Å²) >= 11 is 0. The van der Waals surface area contributed by atoms with Crippen LogP contribution in [0.3, 0.4) is 0 Å². The molecule has 0 spiro atoms. The van der Waals surface area contributed by atoms with E-state index in [1.165, 1.54) is 0 Å². The molecule has 7 heteroatoms. The van der Waals surface area contributed by atoms with Crippen molar-refractivity contribution >= 4 is 12.2 Å². The molecule has 2 unspecified atom stereocenters. The van der Waals surface area contributed by atoms with Crippen LogP contribution in [0.15, 0.2) is 0 Å². The van der Waals surface area contributed by atoms with Gasteiger partial charge in [0.1, 0.15) is 12.2 Å². The van der Waals surface area contributed by atoms with Crippen molar-refractivity contribution in [3.05, 3.63) is 0 Å². The van der Waals surface area contributed by atoms with E-state index < -0.39 is 35.7 Å². The fourth-order valence-corrected chi connectivity index (χ4v) is 2.02. The van der Waals surface area contributed by atoms with E-state index in [4.69, 9.17) is 9.47 Å². The van der Waals surface area contributed by atoms with Gasteiger partial charge >= 0.3 is 12.2 Å². The van der Waals surface area contributed by atoms with Gasteiger partial charge in [-0.2, -0.15) is 0 Å². The molecule has 0 aromatic rings. The number of hydrogen-bond donors (Lipinski definition) is 0. The van der Waals surface area contributed by atoms with E-state index in [0.29, 0.717) is 0 Å². The first-order valence-electron chi connectivity index (χ1n) is 6.17. The normalized spacial score (nSPS) is 29.1. The lowest BCUT2D eigenvalue weighted by Crippen LogP contribution is -2.42. The molecule has 0 bridgehead atoms. The number of cyclic esters (lactones) is 1. The van der Waals surface area contributed by atoms with Crippen LogP contribution in [0.25, 0.3) is 0 Å². The highest BCUT2D eigenvalue weighted by molar-refractivity contribution is 5.89. The zero-order chi connectivity index (χ0) is 14.4. The van der Waals surface area contributed by atoms with Crippen molar-refractivity contribution in [2.45, 2.75) is 51.2 Å². The van der Waals surface area contributed by atoms with E-state index in [0.717, 1.165) is 4.90 Å². The maximum Gasteiger partial charge on any atom is 0.420 e. The number of hydrogen-bond acceptors (Lipinski definition) is 4. The monoisotopic (exact) mass is 277 g/mol. The Morgan fingerprint density at radius 1 is 1.53 bits per heavy atom. The van der Waals surface area contributed by atoms with E-state index in [1.54, 1.807) is 20.8 Å². The van der Waals surface area contributed by atoms with Crippen molar-refractivity contribution in [1.82, 2.24) is 4.90 Å². The average molecular weight is 277 g/mol. The summed E-state index contributed by atoms with van der Waals surface area (Å²) in [5.41, 5.74) is -0.756. The summed E-state index contributed by atoms with van der Waals surface area (Å²) in [6.07, 6.45) is -1.81. The van der Waals surface area contributed by atoms with Crippen LogP contribution < -0.4 is 0 Å². The van der Waals surface area contributed by atoms with Crippen LogP contribution in [0.4, 0.5) is 18.4 Å². The predicted molar refractivity (Wildman–Crippen MR) is 60.9 cm³/mol. The molecule has 2 aliphatic rings. The third kappa shape index (κ3) is 3.13. The minimum Gasteiger partial charge on any atom is -0.447 e. The van der Waals surface area contributed by atoms with Gasteiger partial charge in [0.25, 0.3) is 5.92 Å². The van der Waals surface area contributed by atoms with Crippen LogP contribution in [0.5, 0.6) is 0 Å². The zero-order valence-electron chi connectivity index (χ0n) is 11.1. The molecule has 0 aromatic heterocycles. The Kier molecular flexibility index (Phi) is 3.18. The van der Waals surface area contributed by atoms with Gasteiger partial charge in [0.2, 0.25) is 0 Å². The topological polar surface area (TPSA) is 55.8 Å². The number of nitrogens with zero attached hydrogens (tertiary/aromatic N) is 1. The van der Waals surface area contributed by atoms with Gasteiger partial charge in [-0.1, -0.05) is 0 Å². The molecular formula is C12H17F2NO4. The van der Waals surface area contributed by atoms with Gasteiger partial charge in [-0.25, -0.2) is 23.3 Å². The smallest absolute Gasteiger partial charge is 0.420 e. The Balaban J connectivity index is 1.99. The maximum absolute atomic E-state index is 12.9. The molecule has 1 heterocycles. The molecule has 108 valence electrons. The van der Waals surface area contributed by atoms with E-state index in [9.17, 15) is 18.4 Å². The number of halogens is 2. The summed E-state index contributed by atoms with van der Waals surface area (Å²) in [4.78, 5) is 24.2. The van der Waals surface area contributed by atoms with Crippen LogP contribution in [-0.4, -0.2) is 41.3 Å². The number of rotatable bonds is 2. The van der Waals surface area contributed by atoms with Gasteiger partial charge in [0.15, 0.2) is 0 Å². The van der Waals surface area contributed by atoms with Crippen molar-refractivity contribution in [1.29, 1.82) is 0 Å². The number of amides is 2. The minimum absolute atomic E-state index is 0.0509. The molecule has 1 saturated heterocycles. The van der Waals surface area contributed by atoms with Crippen LogP contribution in [0.1, 0.15) is 33.6 Å². The number of alkyl halides is 2. The molecule has 0 radical (unpaired) electrons. The molecule has 5 nitrogen and oxygen atoms in total. The molecule has 1 saturated carbocycles.